The maximum Gasteiger partial charge on any atom is 0.282 e. The van der Waals surface area contributed by atoms with Gasteiger partial charge >= 0.3 is 0 Å². The Hall–Kier alpha value is -2.67. The van der Waals surface area contributed by atoms with E-state index in [9.17, 15) is 8.42 Å². The van der Waals surface area contributed by atoms with Crippen LogP contribution >= 0.6 is 11.6 Å². The van der Waals surface area contributed by atoms with Gasteiger partial charge in [0, 0.05) is 5.02 Å². The fraction of sp³-hybridized carbons (Fsp3) is 0.0625. The van der Waals surface area contributed by atoms with Gasteiger partial charge in [-0.05, 0) is 29.8 Å². The van der Waals surface area contributed by atoms with Gasteiger partial charge in [-0.2, -0.15) is 23.3 Å². The second-order valence-electron chi connectivity index (χ2n) is 4.46. The first kappa shape index (κ1) is 16.7. The van der Waals surface area contributed by atoms with Crippen LogP contribution in [0.5, 0.6) is 0 Å². The first-order valence-electron chi connectivity index (χ1n) is 6.43. The molecular formula is C16H10ClN3O2S. The molecule has 0 heterocycles. The molecule has 0 fully saturated rings. The summed E-state index contributed by atoms with van der Waals surface area (Å²) in [7, 11) is -4.06. The van der Waals surface area contributed by atoms with Crippen LogP contribution in [0.2, 0.25) is 5.02 Å². The summed E-state index contributed by atoms with van der Waals surface area (Å²) in [6.07, 6.45) is 0. The first-order valence-corrected chi connectivity index (χ1v) is 8.25. The van der Waals surface area contributed by atoms with Gasteiger partial charge in [0.25, 0.3) is 10.0 Å². The van der Waals surface area contributed by atoms with Crippen molar-refractivity contribution in [2.24, 2.45) is 10.3 Å². The van der Waals surface area contributed by atoms with Gasteiger partial charge in [0.2, 0.25) is 0 Å². The first-order chi connectivity index (χ1) is 11.0. The minimum atomic E-state index is -4.06. The van der Waals surface area contributed by atoms with E-state index in [4.69, 9.17) is 22.1 Å². The molecule has 0 radical (unpaired) electrons. The highest BCUT2D eigenvalue weighted by atomic mass is 35.5. The molecule has 7 heteroatoms. The normalized spacial score (nSPS) is 11.7. The van der Waals surface area contributed by atoms with E-state index in [1.54, 1.807) is 42.5 Å². The zero-order valence-corrected chi connectivity index (χ0v) is 13.3. The van der Waals surface area contributed by atoms with E-state index in [1.165, 1.54) is 24.3 Å². The number of sulfonamides is 1. The predicted molar refractivity (Wildman–Crippen MR) is 86.3 cm³/mol. The standard InChI is InChI=1S/C16H10ClN3O2S/c17-14-6-8-15(9-7-14)23(21,22)20-16(13(10-18)11-19)12-4-2-1-3-5-12/h1-9,13H/b20-16+. The molecule has 0 aliphatic carbocycles. The molecule has 2 aromatic carbocycles. The Morgan fingerprint density at radius 1 is 1.00 bits per heavy atom. The third kappa shape index (κ3) is 3.95. The third-order valence-corrected chi connectivity index (χ3v) is 4.49. The summed E-state index contributed by atoms with van der Waals surface area (Å²) >= 11 is 5.74. The topological polar surface area (TPSA) is 94.1 Å². The molecule has 0 saturated heterocycles. The van der Waals surface area contributed by atoms with Gasteiger partial charge in [-0.25, -0.2) is 0 Å². The summed E-state index contributed by atoms with van der Waals surface area (Å²) in [6.45, 7) is 0. The quantitative estimate of drug-likeness (QED) is 0.796. The molecule has 2 aromatic rings. The number of nitrogens with zero attached hydrogens (tertiary/aromatic N) is 3. The summed E-state index contributed by atoms with van der Waals surface area (Å²) in [6, 6.07) is 17.3. The molecule has 5 nitrogen and oxygen atoms in total. The van der Waals surface area contributed by atoms with Crippen LogP contribution in [0.3, 0.4) is 0 Å². The van der Waals surface area contributed by atoms with Crippen molar-refractivity contribution in [1.82, 2.24) is 0 Å². The van der Waals surface area contributed by atoms with Crippen molar-refractivity contribution in [2.75, 3.05) is 0 Å². The molecule has 114 valence electrons. The molecule has 0 saturated carbocycles. The molecule has 0 spiro atoms. The van der Waals surface area contributed by atoms with Crippen molar-refractivity contribution in [2.45, 2.75) is 4.90 Å². The van der Waals surface area contributed by atoms with Crippen molar-refractivity contribution in [1.29, 1.82) is 10.5 Å². The number of halogens is 1. The van der Waals surface area contributed by atoms with Crippen molar-refractivity contribution in [3.05, 3.63) is 65.2 Å². The van der Waals surface area contributed by atoms with Crippen LogP contribution in [0.1, 0.15) is 5.56 Å². The smallest absolute Gasteiger partial charge is 0.199 e. The average molecular weight is 344 g/mol. The lowest BCUT2D eigenvalue weighted by molar-refractivity contribution is 0.598. The predicted octanol–water partition coefficient (Wildman–Crippen LogP) is 3.18. The van der Waals surface area contributed by atoms with Gasteiger partial charge in [0.05, 0.1) is 22.7 Å². The molecule has 0 unspecified atom stereocenters. The van der Waals surface area contributed by atoms with Crippen LogP contribution < -0.4 is 0 Å². The molecule has 2 rings (SSSR count). The van der Waals surface area contributed by atoms with Crippen molar-refractivity contribution >= 4 is 27.3 Å². The number of rotatable bonds is 4. The summed E-state index contributed by atoms with van der Waals surface area (Å²) in [5, 5.41) is 18.6. The Morgan fingerprint density at radius 2 is 1.57 bits per heavy atom. The molecule has 0 aromatic heterocycles. The van der Waals surface area contributed by atoms with E-state index < -0.39 is 15.9 Å². The van der Waals surface area contributed by atoms with Crippen molar-refractivity contribution in [3.8, 4) is 12.1 Å². The second-order valence-corrected chi connectivity index (χ2v) is 6.50. The van der Waals surface area contributed by atoms with Crippen molar-refractivity contribution in [3.63, 3.8) is 0 Å². The van der Waals surface area contributed by atoms with Crippen molar-refractivity contribution < 1.29 is 8.42 Å². The molecule has 0 aliphatic rings. The van der Waals surface area contributed by atoms with Crippen LogP contribution in [0.4, 0.5) is 0 Å². The summed E-state index contributed by atoms with van der Waals surface area (Å²) in [4.78, 5) is -0.0649. The Balaban J connectivity index is 2.59. The van der Waals surface area contributed by atoms with E-state index >= 15 is 0 Å². The summed E-state index contributed by atoms with van der Waals surface area (Å²) in [5.41, 5.74) is 0.295. The Morgan fingerprint density at radius 3 is 2.09 bits per heavy atom. The third-order valence-electron chi connectivity index (χ3n) is 2.93. The fourth-order valence-corrected chi connectivity index (χ4v) is 3.00. The van der Waals surface area contributed by atoms with Crippen LogP contribution in [-0.4, -0.2) is 14.1 Å². The highest BCUT2D eigenvalue weighted by Gasteiger charge is 2.22. The van der Waals surface area contributed by atoms with Crippen LogP contribution in [0.25, 0.3) is 0 Å². The maximum absolute atomic E-state index is 12.4. The van der Waals surface area contributed by atoms with Gasteiger partial charge in [-0.15, -0.1) is 0 Å². The fourth-order valence-electron chi connectivity index (χ4n) is 1.82. The molecule has 0 atom stereocenters. The summed E-state index contributed by atoms with van der Waals surface area (Å²) in [5.74, 6) is -1.29. The number of hydrogen-bond acceptors (Lipinski definition) is 4. The average Bonchev–Trinajstić information content (AvgIpc) is 2.56. The number of nitriles is 2. The minimum absolute atomic E-state index is 0.0649. The number of hydrogen-bond donors (Lipinski definition) is 0. The Labute approximate surface area is 139 Å². The monoisotopic (exact) mass is 343 g/mol. The molecule has 0 aliphatic heterocycles. The largest absolute Gasteiger partial charge is 0.282 e. The number of benzene rings is 2. The lowest BCUT2D eigenvalue weighted by Crippen LogP contribution is -2.15. The van der Waals surface area contributed by atoms with E-state index in [-0.39, 0.29) is 10.6 Å². The summed E-state index contributed by atoms with van der Waals surface area (Å²) < 4.78 is 28.5. The molecule has 23 heavy (non-hydrogen) atoms. The lowest BCUT2D eigenvalue weighted by atomic mass is 9.99. The van der Waals surface area contributed by atoms with Gasteiger partial charge in [0.1, 0.15) is 0 Å². The van der Waals surface area contributed by atoms with Crippen LogP contribution in [0.15, 0.2) is 63.9 Å². The van der Waals surface area contributed by atoms with E-state index in [1.807, 2.05) is 0 Å². The molecule has 0 N–H and O–H groups in total. The Kier molecular flexibility index (Phi) is 5.13. The zero-order valence-electron chi connectivity index (χ0n) is 11.7. The minimum Gasteiger partial charge on any atom is -0.199 e. The van der Waals surface area contributed by atoms with E-state index in [2.05, 4.69) is 4.40 Å². The van der Waals surface area contributed by atoms with E-state index in [0.717, 1.165) is 0 Å². The van der Waals surface area contributed by atoms with E-state index in [0.29, 0.717) is 10.6 Å². The lowest BCUT2D eigenvalue weighted by Gasteiger charge is -2.07. The maximum atomic E-state index is 12.4. The van der Waals surface area contributed by atoms with Crippen LogP contribution in [0, 0.1) is 28.6 Å². The van der Waals surface area contributed by atoms with Gasteiger partial charge < -0.3 is 0 Å². The second kappa shape index (κ2) is 7.06. The van der Waals surface area contributed by atoms with Gasteiger partial charge in [-0.3, -0.25) is 0 Å². The molecular weight excluding hydrogens is 334 g/mol. The van der Waals surface area contributed by atoms with Gasteiger partial charge in [-0.1, -0.05) is 41.9 Å². The highest BCUT2D eigenvalue weighted by molar-refractivity contribution is 7.90. The van der Waals surface area contributed by atoms with Crippen LogP contribution in [-0.2, 0) is 10.0 Å². The zero-order chi connectivity index (χ0) is 16.9. The Bertz CT molecular complexity index is 895. The van der Waals surface area contributed by atoms with Gasteiger partial charge in [0.15, 0.2) is 5.92 Å². The highest BCUT2D eigenvalue weighted by Crippen LogP contribution is 2.19. The SMILES string of the molecule is N#CC(C#N)/C(=N/S(=O)(=O)c1ccc(Cl)cc1)c1ccccc1. The molecule has 0 amide bonds. The molecule has 0 bridgehead atoms.